The molecule has 0 bridgehead atoms. The summed E-state index contributed by atoms with van der Waals surface area (Å²) in [4.78, 5) is 37.8. The zero-order valence-corrected chi connectivity index (χ0v) is 20.5. The highest BCUT2D eigenvalue weighted by atomic mass is 16.4. The van der Waals surface area contributed by atoms with Crippen LogP contribution in [0, 0.1) is 0 Å². The summed E-state index contributed by atoms with van der Waals surface area (Å²) >= 11 is 0. The average Bonchev–Trinajstić information content (AvgIpc) is 3.50. The molecule has 2 N–H and O–H groups in total. The summed E-state index contributed by atoms with van der Waals surface area (Å²) in [6.07, 6.45) is 3.54. The molecule has 7 nitrogen and oxygen atoms in total. The van der Waals surface area contributed by atoms with Crippen molar-refractivity contribution < 1.29 is 23.9 Å². The van der Waals surface area contributed by atoms with Crippen molar-refractivity contribution in [1.82, 2.24) is 4.90 Å². The number of anilines is 1. The van der Waals surface area contributed by atoms with E-state index in [1.807, 2.05) is 60.7 Å². The third kappa shape index (κ3) is 5.32. The summed E-state index contributed by atoms with van der Waals surface area (Å²) in [5.41, 5.74) is 4.58. The zero-order valence-electron chi connectivity index (χ0n) is 20.5. The lowest BCUT2D eigenvalue weighted by atomic mass is 10.1. The summed E-state index contributed by atoms with van der Waals surface area (Å²) in [5, 5.41) is 11.9. The molecule has 38 heavy (non-hydrogen) atoms. The van der Waals surface area contributed by atoms with Gasteiger partial charge in [-0.3, -0.25) is 9.59 Å². The van der Waals surface area contributed by atoms with Crippen molar-refractivity contribution in [2.45, 2.75) is 13.5 Å². The van der Waals surface area contributed by atoms with Gasteiger partial charge in [0.2, 0.25) is 5.91 Å². The summed E-state index contributed by atoms with van der Waals surface area (Å²) < 4.78 is 6.03. The number of benzene rings is 3. The van der Waals surface area contributed by atoms with Gasteiger partial charge in [0.05, 0.1) is 17.8 Å². The molecule has 0 saturated carbocycles. The van der Waals surface area contributed by atoms with Crippen LogP contribution in [0.15, 0.2) is 107 Å². The molecule has 0 unspecified atom stereocenters. The number of carboxylic acids is 1. The van der Waals surface area contributed by atoms with E-state index in [0.717, 1.165) is 22.4 Å². The molecule has 0 atom stereocenters. The molecule has 3 aromatic carbocycles. The van der Waals surface area contributed by atoms with Gasteiger partial charge in [0.1, 0.15) is 11.5 Å². The maximum absolute atomic E-state index is 13.5. The standard InChI is InChI=1S/C31H24N2O5/c1-20(34)32-26-9-5-8-24(16-26)29-15-14-27(38-29)17-25-18-28(22-6-3-2-4-7-22)33(30(25)35)19-21-10-12-23(13-11-21)31(36)37/h2-18H,19H2,1H3,(H,32,34)(H,36,37). The van der Waals surface area contributed by atoms with Crippen molar-refractivity contribution in [1.29, 1.82) is 0 Å². The smallest absolute Gasteiger partial charge is 0.335 e. The van der Waals surface area contributed by atoms with Crippen LogP contribution < -0.4 is 5.32 Å². The van der Waals surface area contributed by atoms with Crippen molar-refractivity contribution in [3.8, 4) is 11.3 Å². The Bertz CT molecular complexity index is 1580. The van der Waals surface area contributed by atoms with Crippen molar-refractivity contribution in [2.24, 2.45) is 0 Å². The highest BCUT2D eigenvalue weighted by molar-refractivity contribution is 6.10. The van der Waals surface area contributed by atoms with Gasteiger partial charge in [0.25, 0.3) is 5.91 Å². The Morgan fingerprint density at radius 2 is 1.66 bits per heavy atom. The third-order valence-corrected chi connectivity index (χ3v) is 6.08. The Labute approximate surface area is 219 Å². The fourth-order valence-electron chi connectivity index (χ4n) is 4.29. The lowest BCUT2D eigenvalue weighted by molar-refractivity contribution is -0.123. The Morgan fingerprint density at radius 3 is 2.37 bits per heavy atom. The molecule has 5 rings (SSSR count). The summed E-state index contributed by atoms with van der Waals surface area (Å²) in [7, 11) is 0. The normalized spacial score (nSPS) is 14.0. The van der Waals surface area contributed by atoms with Gasteiger partial charge in [0, 0.05) is 23.7 Å². The minimum atomic E-state index is -0.997. The molecule has 0 fully saturated rings. The van der Waals surface area contributed by atoms with Crippen LogP contribution in [-0.2, 0) is 16.1 Å². The largest absolute Gasteiger partial charge is 0.478 e. The molecule has 0 saturated heterocycles. The van der Waals surface area contributed by atoms with E-state index in [1.165, 1.54) is 19.1 Å². The van der Waals surface area contributed by atoms with Gasteiger partial charge >= 0.3 is 5.97 Å². The highest BCUT2D eigenvalue weighted by Gasteiger charge is 2.29. The number of amides is 2. The van der Waals surface area contributed by atoms with E-state index < -0.39 is 5.97 Å². The molecule has 2 heterocycles. The Balaban J connectivity index is 1.44. The predicted molar refractivity (Wildman–Crippen MR) is 145 cm³/mol. The number of hydrogen-bond acceptors (Lipinski definition) is 4. The van der Waals surface area contributed by atoms with Crippen LogP contribution >= 0.6 is 0 Å². The number of rotatable bonds is 7. The van der Waals surface area contributed by atoms with Crippen molar-refractivity contribution in [3.63, 3.8) is 0 Å². The number of nitrogens with one attached hydrogen (secondary N) is 1. The summed E-state index contributed by atoms with van der Waals surface area (Å²) in [6, 6.07) is 27.1. The number of nitrogens with zero attached hydrogens (tertiary/aromatic N) is 1. The van der Waals surface area contributed by atoms with Crippen LogP contribution in [0.1, 0.15) is 34.2 Å². The van der Waals surface area contributed by atoms with Crippen molar-refractivity contribution >= 4 is 35.2 Å². The maximum Gasteiger partial charge on any atom is 0.335 e. The minimum absolute atomic E-state index is 0.157. The first kappa shape index (κ1) is 24.5. The van der Waals surface area contributed by atoms with Gasteiger partial charge in [0.15, 0.2) is 0 Å². The van der Waals surface area contributed by atoms with E-state index >= 15 is 0 Å². The Morgan fingerprint density at radius 1 is 0.921 bits per heavy atom. The second kappa shape index (κ2) is 10.4. The molecular formula is C31H24N2O5. The zero-order chi connectivity index (χ0) is 26.6. The second-order valence-corrected chi connectivity index (χ2v) is 8.85. The lowest BCUT2D eigenvalue weighted by Gasteiger charge is -2.21. The molecule has 1 aliphatic heterocycles. The fourth-order valence-corrected chi connectivity index (χ4v) is 4.29. The van der Waals surface area contributed by atoms with E-state index in [1.54, 1.807) is 35.2 Å². The predicted octanol–water partition coefficient (Wildman–Crippen LogP) is 6.07. The van der Waals surface area contributed by atoms with E-state index in [2.05, 4.69) is 5.32 Å². The SMILES string of the molecule is CC(=O)Nc1cccc(-c2ccc(C=C3C=C(c4ccccc4)N(Cc4ccc(C(=O)O)cc4)C3=O)o2)c1. The molecular weight excluding hydrogens is 480 g/mol. The quantitative estimate of drug-likeness (QED) is 0.298. The number of carbonyl (C=O) groups is 3. The molecule has 1 aliphatic rings. The third-order valence-electron chi connectivity index (χ3n) is 6.08. The first-order chi connectivity index (χ1) is 18.4. The van der Waals surface area contributed by atoms with Crippen LogP contribution in [0.25, 0.3) is 23.1 Å². The number of hydrogen-bond donors (Lipinski definition) is 2. The van der Waals surface area contributed by atoms with Gasteiger partial charge in [-0.05, 0) is 59.7 Å². The van der Waals surface area contributed by atoms with Gasteiger partial charge in [-0.15, -0.1) is 0 Å². The van der Waals surface area contributed by atoms with Gasteiger partial charge in [-0.1, -0.05) is 54.6 Å². The van der Waals surface area contributed by atoms with Crippen LogP contribution in [0.4, 0.5) is 5.69 Å². The summed E-state index contributed by atoms with van der Waals surface area (Å²) in [5.74, 6) is -0.211. The molecule has 1 aromatic heterocycles. The molecule has 7 heteroatoms. The Kier molecular flexibility index (Phi) is 6.74. The second-order valence-electron chi connectivity index (χ2n) is 8.85. The molecule has 4 aromatic rings. The fraction of sp³-hybridized carbons (Fsp3) is 0.0645. The van der Waals surface area contributed by atoms with Crippen LogP contribution in [0.3, 0.4) is 0 Å². The maximum atomic E-state index is 13.5. The molecule has 2 amide bonds. The Hall–Kier alpha value is -5.17. The monoisotopic (exact) mass is 504 g/mol. The lowest BCUT2D eigenvalue weighted by Crippen LogP contribution is -2.25. The van der Waals surface area contributed by atoms with Crippen LogP contribution in [0.2, 0.25) is 0 Å². The highest BCUT2D eigenvalue weighted by Crippen LogP contribution is 2.33. The first-order valence-corrected chi connectivity index (χ1v) is 12.0. The van der Waals surface area contributed by atoms with Gasteiger partial charge < -0.3 is 19.7 Å². The van der Waals surface area contributed by atoms with Crippen LogP contribution in [-0.4, -0.2) is 27.8 Å². The van der Waals surface area contributed by atoms with E-state index in [4.69, 9.17) is 4.42 Å². The molecule has 0 spiro atoms. The molecule has 188 valence electrons. The van der Waals surface area contributed by atoms with Crippen molar-refractivity contribution in [3.05, 3.63) is 125 Å². The number of furan rings is 1. The number of carbonyl (C=O) groups excluding carboxylic acids is 2. The summed E-state index contributed by atoms with van der Waals surface area (Å²) in [6.45, 7) is 1.74. The van der Waals surface area contributed by atoms with Crippen LogP contribution in [0.5, 0.6) is 0 Å². The topological polar surface area (TPSA) is 99.9 Å². The molecule has 0 radical (unpaired) electrons. The average molecular weight is 505 g/mol. The van der Waals surface area contributed by atoms with E-state index in [9.17, 15) is 19.5 Å². The van der Waals surface area contributed by atoms with E-state index in [-0.39, 0.29) is 23.9 Å². The van der Waals surface area contributed by atoms with Gasteiger partial charge in [-0.25, -0.2) is 4.79 Å². The number of aromatic carboxylic acids is 1. The number of carboxylic acid groups (broad SMARTS) is 1. The van der Waals surface area contributed by atoms with Gasteiger partial charge in [-0.2, -0.15) is 0 Å². The van der Waals surface area contributed by atoms with E-state index in [0.29, 0.717) is 22.8 Å². The minimum Gasteiger partial charge on any atom is -0.478 e. The molecule has 0 aliphatic carbocycles. The van der Waals surface area contributed by atoms with Crippen molar-refractivity contribution in [2.75, 3.05) is 5.32 Å². The first-order valence-electron chi connectivity index (χ1n) is 12.0.